The molecule has 1 aromatic heterocycles. The number of hydrogen-bond donors (Lipinski definition) is 2. The predicted molar refractivity (Wildman–Crippen MR) is 103 cm³/mol. The number of hydrogen-bond acceptors (Lipinski definition) is 4. The van der Waals surface area contributed by atoms with Crippen molar-refractivity contribution in [1.29, 1.82) is 0 Å². The van der Waals surface area contributed by atoms with Gasteiger partial charge < -0.3 is 15.4 Å². The fourth-order valence-corrected chi connectivity index (χ4v) is 2.67. The van der Waals surface area contributed by atoms with E-state index in [-0.39, 0.29) is 30.7 Å². The fraction of sp³-hybridized carbons (Fsp3) is 0.333. The van der Waals surface area contributed by atoms with Crippen molar-refractivity contribution in [2.45, 2.75) is 12.8 Å². The van der Waals surface area contributed by atoms with E-state index in [1.165, 1.54) is 6.42 Å². The summed E-state index contributed by atoms with van der Waals surface area (Å²) in [5, 5.41) is 6.31. The van der Waals surface area contributed by atoms with Crippen LogP contribution in [0, 0.1) is 5.92 Å². The molecule has 1 fully saturated rings. The second kappa shape index (κ2) is 10.9. The van der Waals surface area contributed by atoms with E-state index in [4.69, 9.17) is 4.74 Å². The van der Waals surface area contributed by atoms with Gasteiger partial charge in [0.25, 0.3) is 5.91 Å². The molecule has 0 spiro atoms. The number of nitrogens with zero attached hydrogens (tertiary/aromatic N) is 1. The minimum absolute atomic E-state index is 0. The number of rotatable bonds is 6. The number of amides is 1. The molecule has 1 amide bonds. The maximum absolute atomic E-state index is 12.1. The number of pyridine rings is 1. The van der Waals surface area contributed by atoms with E-state index >= 15 is 0 Å². The molecule has 1 aliphatic heterocycles. The van der Waals surface area contributed by atoms with Gasteiger partial charge in [0.1, 0.15) is 11.5 Å². The highest BCUT2D eigenvalue weighted by Gasteiger charge is 2.14. The van der Waals surface area contributed by atoms with E-state index in [1.54, 1.807) is 36.7 Å². The van der Waals surface area contributed by atoms with Crippen LogP contribution < -0.4 is 15.4 Å². The molecule has 1 unspecified atom stereocenters. The largest absolute Gasteiger partial charge is 0.456 e. The molecule has 1 aromatic carbocycles. The van der Waals surface area contributed by atoms with Gasteiger partial charge in [-0.15, -0.1) is 24.8 Å². The van der Waals surface area contributed by atoms with Gasteiger partial charge in [-0.3, -0.25) is 9.78 Å². The molecule has 7 heteroatoms. The van der Waals surface area contributed by atoms with Gasteiger partial charge in [0.05, 0.1) is 6.20 Å². The number of halogens is 2. The SMILES string of the molecule is Cl.Cl.O=C(NCCC1CCNC1)c1ccc(Oc2cccnc2)cc1. The molecule has 25 heavy (non-hydrogen) atoms. The lowest BCUT2D eigenvalue weighted by molar-refractivity contribution is 0.0951. The summed E-state index contributed by atoms with van der Waals surface area (Å²) in [4.78, 5) is 16.1. The lowest BCUT2D eigenvalue weighted by Crippen LogP contribution is -2.26. The van der Waals surface area contributed by atoms with Crippen LogP contribution in [0.4, 0.5) is 0 Å². The Morgan fingerprint density at radius 1 is 1.20 bits per heavy atom. The van der Waals surface area contributed by atoms with Gasteiger partial charge in [0.15, 0.2) is 0 Å². The molecule has 1 saturated heterocycles. The summed E-state index contributed by atoms with van der Waals surface area (Å²) in [6, 6.07) is 10.8. The van der Waals surface area contributed by atoms with Gasteiger partial charge in [-0.05, 0) is 68.2 Å². The first kappa shape index (κ1) is 21.2. The first-order valence-electron chi connectivity index (χ1n) is 7.98. The standard InChI is InChI=1S/C18H21N3O2.2ClH/c22-18(21-11-8-14-7-10-20-12-14)15-3-5-16(6-4-15)23-17-2-1-9-19-13-17;;/h1-6,9,13-14,20H,7-8,10-12H2,(H,21,22);2*1H. The second-order valence-electron chi connectivity index (χ2n) is 5.72. The van der Waals surface area contributed by atoms with Crippen LogP contribution >= 0.6 is 24.8 Å². The zero-order chi connectivity index (χ0) is 15.9. The average Bonchev–Trinajstić information content (AvgIpc) is 3.10. The summed E-state index contributed by atoms with van der Waals surface area (Å²) in [5.41, 5.74) is 0.646. The van der Waals surface area contributed by atoms with Crippen molar-refractivity contribution in [3.8, 4) is 11.5 Å². The average molecular weight is 384 g/mol. The van der Waals surface area contributed by atoms with E-state index in [0.717, 1.165) is 26.1 Å². The van der Waals surface area contributed by atoms with E-state index < -0.39 is 0 Å². The van der Waals surface area contributed by atoms with Crippen LogP contribution in [0.25, 0.3) is 0 Å². The summed E-state index contributed by atoms with van der Waals surface area (Å²) in [6.07, 6.45) is 5.58. The van der Waals surface area contributed by atoms with Gasteiger partial charge >= 0.3 is 0 Å². The molecule has 1 aliphatic rings. The molecule has 0 aliphatic carbocycles. The minimum atomic E-state index is -0.0381. The molecule has 2 aromatic rings. The quantitative estimate of drug-likeness (QED) is 0.801. The van der Waals surface area contributed by atoms with E-state index in [2.05, 4.69) is 15.6 Å². The maximum Gasteiger partial charge on any atom is 0.251 e. The van der Waals surface area contributed by atoms with Gasteiger partial charge in [-0.2, -0.15) is 0 Å². The number of benzene rings is 1. The number of carbonyl (C=O) groups excluding carboxylic acids is 1. The van der Waals surface area contributed by atoms with E-state index in [0.29, 0.717) is 23.0 Å². The molecule has 0 saturated carbocycles. The zero-order valence-electron chi connectivity index (χ0n) is 13.8. The Kier molecular flexibility index (Phi) is 9.27. The maximum atomic E-state index is 12.1. The lowest BCUT2D eigenvalue weighted by Gasteiger charge is -2.10. The van der Waals surface area contributed by atoms with Crippen molar-refractivity contribution in [3.63, 3.8) is 0 Å². The van der Waals surface area contributed by atoms with Gasteiger partial charge in [-0.25, -0.2) is 0 Å². The van der Waals surface area contributed by atoms with Crippen LogP contribution in [0.5, 0.6) is 11.5 Å². The van der Waals surface area contributed by atoms with Crippen molar-refractivity contribution in [2.75, 3.05) is 19.6 Å². The molecule has 3 rings (SSSR count). The Balaban J connectivity index is 0.00000156. The molecule has 1 atom stereocenters. The van der Waals surface area contributed by atoms with Gasteiger partial charge in [-0.1, -0.05) is 0 Å². The molecule has 2 N–H and O–H groups in total. The minimum Gasteiger partial charge on any atom is -0.456 e. The lowest BCUT2D eigenvalue weighted by atomic mass is 10.1. The van der Waals surface area contributed by atoms with Crippen LogP contribution in [0.2, 0.25) is 0 Å². The normalized spacial score (nSPS) is 15.6. The number of nitrogens with one attached hydrogen (secondary N) is 2. The van der Waals surface area contributed by atoms with Crippen LogP contribution in [0.3, 0.4) is 0 Å². The van der Waals surface area contributed by atoms with Crippen LogP contribution in [-0.2, 0) is 0 Å². The molecule has 0 bridgehead atoms. The summed E-state index contributed by atoms with van der Waals surface area (Å²) < 4.78 is 5.66. The molecule has 2 heterocycles. The van der Waals surface area contributed by atoms with Crippen molar-refractivity contribution in [1.82, 2.24) is 15.6 Å². The smallest absolute Gasteiger partial charge is 0.251 e. The van der Waals surface area contributed by atoms with Gasteiger partial charge in [0, 0.05) is 18.3 Å². The van der Waals surface area contributed by atoms with Crippen molar-refractivity contribution in [2.24, 2.45) is 5.92 Å². The first-order chi connectivity index (χ1) is 11.3. The Labute approximate surface area is 160 Å². The summed E-state index contributed by atoms with van der Waals surface area (Å²) in [5.74, 6) is 2.01. The van der Waals surface area contributed by atoms with E-state index in [1.807, 2.05) is 12.1 Å². The van der Waals surface area contributed by atoms with Crippen LogP contribution in [0.15, 0.2) is 48.8 Å². The predicted octanol–water partition coefficient (Wildman–Crippen LogP) is 3.45. The Hall–Kier alpha value is -1.82. The Morgan fingerprint density at radius 2 is 2.00 bits per heavy atom. The van der Waals surface area contributed by atoms with Crippen LogP contribution in [-0.4, -0.2) is 30.5 Å². The number of carbonyl (C=O) groups is 1. The first-order valence-corrected chi connectivity index (χ1v) is 7.98. The zero-order valence-corrected chi connectivity index (χ0v) is 15.4. The third kappa shape index (κ3) is 6.53. The topological polar surface area (TPSA) is 63.2 Å². The third-order valence-electron chi connectivity index (χ3n) is 3.99. The monoisotopic (exact) mass is 383 g/mol. The molecular weight excluding hydrogens is 361 g/mol. The highest BCUT2D eigenvalue weighted by molar-refractivity contribution is 5.94. The molecule has 136 valence electrons. The van der Waals surface area contributed by atoms with Crippen molar-refractivity contribution < 1.29 is 9.53 Å². The van der Waals surface area contributed by atoms with Crippen molar-refractivity contribution >= 4 is 30.7 Å². The fourth-order valence-electron chi connectivity index (χ4n) is 2.67. The van der Waals surface area contributed by atoms with Crippen molar-refractivity contribution in [3.05, 3.63) is 54.4 Å². The molecule has 5 nitrogen and oxygen atoms in total. The summed E-state index contributed by atoms with van der Waals surface area (Å²) in [7, 11) is 0. The summed E-state index contributed by atoms with van der Waals surface area (Å²) in [6.45, 7) is 2.88. The molecular formula is C18H23Cl2N3O2. The highest BCUT2D eigenvalue weighted by Crippen LogP contribution is 2.20. The Morgan fingerprint density at radius 3 is 2.64 bits per heavy atom. The third-order valence-corrected chi connectivity index (χ3v) is 3.99. The van der Waals surface area contributed by atoms with E-state index in [9.17, 15) is 4.79 Å². The highest BCUT2D eigenvalue weighted by atomic mass is 35.5. The number of aromatic nitrogens is 1. The molecule has 0 radical (unpaired) electrons. The summed E-state index contributed by atoms with van der Waals surface area (Å²) >= 11 is 0. The van der Waals surface area contributed by atoms with Gasteiger partial charge in [0.2, 0.25) is 0 Å². The Bertz CT molecular complexity index is 633. The second-order valence-corrected chi connectivity index (χ2v) is 5.72. The number of ether oxygens (including phenoxy) is 1. The van der Waals surface area contributed by atoms with Crippen LogP contribution in [0.1, 0.15) is 23.2 Å².